The predicted molar refractivity (Wildman–Crippen MR) is 190 cm³/mol. The van der Waals surface area contributed by atoms with Crippen molar-refractivity contribution in [1.29, 1.82) is 5.26 Å². The van der Waals surface area contributed by atoms with Gasteiger partial charge in [0.05, 0.1) is 35.4 Å². The number of likely N-dealkylation sites (tertiary alicyclic amines) is 2. The summed E-state index contributed by atoms with van der Waals surface area (Å²) in [5.74, 6) is -1.41. The molecule has 0 spiro atoms. The molecular weight excluding hydrogens is 665 g/mol. The molecule has 0 radical (unpaired) electrons. The number of ether oxygens (including phenoxy) is 2. The highest BCUT2D eigenvalue weighted by atomic mass is 35.5. The van der Waals surface area contributed by atoms with Gasteiger partial charge in [-0.1, -0.05) is 60.0 Å². The van der Waals surface area contributed by atoms with Crippen LogP contribution in [-0.2, 0) is 14.3 Å². The lowest BCUT2D eigenvalue weighted by atomic mass is 9.83. The fourth-order valence-corrected chi connectivity index (χ4v) is 7.66. The Morgan fingerprint density at radius 3 is 2.35 bits per heavy atom. The van der Waals surface area contributed by atoms with E-state index in [1.807, 2.05) is 24.3 Å². The van der Waals surface area contributed by atoms with Crippen molar-refractivity contribution in [2.45, 2.75) is 50.0 Å². The van der Waals surface area contributed by atoms with Gasteiger partial charge in [-0.05, 0) is 86.3 Å². The molecule has 0 saturated carbocycles. The molecule has 0 unspecified atom stereocenters. The summed E-state index contributed by atoms with van der Waals surface area (Å²) in [6.07, 6.45) is 5.27. The molecule has 2 aliphatic rings. The average Bonchev–Trinajstić information content (AvgIpc) is 3.13. The number of halogens is 2. The second kappa shape index (κ2) is 16.2. The molecule has 0 aromatic heterocycles. The number of nitrogens with two attached hydrogens (primary N) is 1. The van der Waals surface area contributed by atoms with Gasteiger partial charge in [0, 0.05) is 25.6 Å². The number of nitriles is 1. The van der Waals surface area contributed by atoms with E-state index in [0.717, 1.165) is 31.5 Å². The van der Waals surface area contributed by atoms with Crippen LogP contribution in [0.15, 0.2) is 48.5 Å². The Kier molecular flexibility index (Phi) is 12.0. The van der Waals surface area contributed by atoms with Crippen LogP contribution in [0, 0.1) is 11.3 Å². The first-order valence-electron chi connectivity index (χ1n) is 16.7. The second-order valence-corrected chi connectivity index (χ2v) is 13.7. The average molecular weight is 709 g/mol. The van der Waals surface area contributed by atoms with E-state index in [1.54, 1.807) is 24.3 Å². The number of nitrogens with zero attached hydrogens (tertiary/aromatic N) is 4. The lowest BCUT2D eigenvalue weighted by Crippen LogP contribution is -2.63. The molecule has 2 heterocycles. The summed E-state index contributed by atoms with van der Waals surface area (Å²) in [5.41, 5.74) is 6.68. The lowest BCUT2D eigenvalue weighted by molar-refractivity contribution is -0.141. The standard InChI is InChI=1S/C37H43Cl2N5O5/c1-48-32(45)24-43(35(46)33-29-9-5-4-8-26(29)20-28(22-40)34(33)49-2)23-27(25-10-11-30(38)31(39)21-25)12-17-42-18-13-37(14-19-42,36(41)47)44-15-6-3-7-16-44/h4-5,8-11,20-21,27H,3,6-7,12-19,23-24H2,1-2H3,(H2,41,47)/t27-/m1/s1. The second-order valence-electron chi connectivity index (χ2n) is 12.9. The van der Waals surface area contributed by atoms with Gasteiger partial charge in [0.15, 0.2) is 0 Å². The Morgan fingerprint density at radius 1 is 1.00 bits per heavy atom. The third kappa shape index (κ3) is 7.97. The summed E-state index contributed by atoms with van der Waals surface area (Å²) in [6, 6.07) is 16.5. The fraction of sp³-hybridized carbons (Fsp3) is 0.459. The van der Waals surface area contributed by atoms with E-state index < -0.39 is 17.4 Å². The molecule has 10 nitrogen and oxygen atoms in total. The first-order valence-corrected chi connectivity index (χ1v) is 17.5. The number of rotatable bonds is 12. The van der Waals surface area contributed by atoms with Crippen LogP contribution >= 0.6 is 23.2 Å². The summed E-state index contributed by atoms with van der Waals surface area (Å²) in [5, 5.41) is 12.0. The maximum atomic E-state index is 14.6. The Morgan fingerprint density at radius 2 is 1.71 bits per heavy atom. The van der Waals surface area contributed by atoms with Gasteiger partial charge in [0.25, 0.3) is 5.91 Å². The molecule has 49 heavy (non-hydrogen) atoms. The number of benzene rings is 3. The van der Waals surface area contributed by atoms with Crippen LogP contribution in [-0.4, -0.2) is 98.1 Å². The Labute approximate surface area is 297 Å². The highest BCUT2D eigenvalue weighted by Crippen LogP contribution is 2.36. The van der Waals surface area contributed by atoms with E-state index in [9.17, 15) is 19.6 Å². The van der Waals surface area contributed by atoms with Crippen LogP contribution < -0.4 is 10.5 Å². The highest BCUT2D eigenvalue weighted by molar-refractivity contribution is 6.42. The lowest BCUT2D eigenvalue weighted by Gasteiger charge is -2.48. The van der Waals surface area contributed by atoms with E-state index in [1.165, 1.54) is 25.5 Å². The summed E-state index contributed by atoms with van der Waals surface area (Å²) < 4.78 is 10.7. The molecule has 1 atom stereocenters. The smallest absolute Gasteiger partial charge is 0.325 e. The minimum absolute atomic E-state index is 0.145. The SMILES string of the molecule is COC(=O)CN(C[C@@H](CCN1CCC(C(N)=O)(N2CCCCC2)CC1)c1ccc(Cl)c(Cl)c1)C(=O)c1c(OC)c(C#N)cc2ccccc12. The summed E-state index contributed by atoms with van der Waals surface area (Å²) in [7, 11) is 2.70. The molecule has 12 heteroatoms. The molecular formula is C37H43Cl2N5O5. The number of carbonyl (C=O) groups is 3. The molecule has 260 valence electrons. The van der Waals surface area contributed by atoms with Crippen molar-refractivity contribution in [2.75, 3.05) is 60.0 Å². The molecule has 3 aromatic rings. The Balaban J connectivity index is 1.44. The van der Waals surface area contributed by atoms with Crippen molar-refractivity contribution >= 4 is 51.8 Å². The maximum Gasteiger partial charge on any atom is 0.325 e. The van der Waals surface area contributed by atoms with Gasteiger partial charge in [-0.2, -0.15) is 5.26 Å². The zero-order chi connectivity index (χ0) is 35.1. The Bertz CT molecular complexity index is 1730. The van der Waals surface area contributed by atoms with Crippen LogP contribution in [0.5, 0.6) is 5.75 Å². The van der Waals surface area contributed by atoms with E-state index in [-0.39, 0.29) is 41.8 Å². The van der Waals surface area contributed by atoms with Gasteiger partial charge in [-0.25, -0.2) is 0 Å². The molecule has 5 rings (SSSR count). The van der Waals surface area contributed by atoms with Gasteiger partial charge in [-0.3, -0.25) is 19.3 Å². The molecule has 0 bridgehead atoms. The fourth-order valence-electron chi connectivity index (χ4n) is 7.35. The minimum Gasteiger partial charge on any atom is -0.495 e. The Hall–Kier alpha value is -3.88. The maximum absolute atomic E-state index is 14.6. The van der Waals surface area contributed by atoms with Crippen LogP contribution in [0.2, 0.25) is 10.0 Å². The van der Waals surface area contributed by atoms with Crippen molar-refractivity contribution in [3.8, 4) is 11.8 Å². The number of fused-ring (bicyclic) bond motifs is 1. The van der Waals surface area contributed by atoms with Gasteiger partial charge < -0.3 is 25.0 Å². The molecule has 2 saturated heterocycles. The van der Waals surface area contributed by atoms with Gasteiger partial charge in [0.2, 0.25) is 5.91 Å². The van der Waals surface area contributed by atoms with Crippen molar-refractivity contribution < 1.29 is 23.9 Å². The summed E-state index contributed by atoms with van der Waals surface area (Å²) in [4.78, 5) is 46.2. The first-order chi connectivity index (χ1) is 23.6. The van der Waals surface area contributed by atoms with Gasteiger partial charge in [0.1, 0.15) is 23.9 Å². The third-order valence-electron chi connectivity index (χ3n) is 10.1. The van der Waals surface area contributed by atoms with E-state index in [2.05, 4.69) is 15.9 Å². The van der Waals surface area contributed by atoms with Gasteiger partial charge >= 0.3 is 5.97 Å². The summed E-state index contributed by atoms with van der Waals surface area (Å²) >= 11 is 12.8. The van der Waals surface area contributed by atoms with Crippen LogP contribution in [0.25, 0.3) is 10.8 Å². The zero-order valence-electron chi connectivity index (χ0n) is 28.1. The first kappa shape index (κ1) is 36.4. The van der Waals surface area contributed by atoms with Crippen LogP contribution in [0.3, 0.4) is 0 Å². The van der Waals surface area contributed by atoms with Crippen LogP contribution in [0.4, 0.5) is 0 Å². The van der Waals surface area contributed by atoms with E-state index in [4.69, 9.17) is 38.4 Å². The molecule has 0 aliphatic carbocycles. The van der Waals surface area contributed by atoms with Crippen molar-refractivity contribution in [3.63, 3.8) is 0 Å². The van der Waals surface area contributed by atoms with Gasteiger partial charge in [-0.15, -0.1) is 0 Å². The molecule has 2 amide bonds. The minimum atomic E-state index is -0.621. The highest BCUT2D eigenvalue weighted by Gasteiger charge is 2.45. The number of carbonyl (C=O) groups excluding carboxylic acids is 3. The number of primary amides is 1. The number of hydrogen-bond donors (Lipinski definition) is 1. The topological polar surface area (TPSA) is 129 Å². The van der Waals surface area contributed by atoms with Crippen molar-refractivity contribution in [2.24, 2.45) is 5.73 Å². The largest absolute Gasteiger partial charge is 0.495 e. The monoisotopic (exact) mass is 707 g/mol. The molecule has 2 fully saturated rings. The third-order valence-corrected chi connectivity index (χ3v) is 10.9. The number of esters is 1. The summed E-state index contributed by atoms with van der Waals surface area (Å²) in [6.45, 7) is 3.71. The molecule has 3 aromatic carbocycles. The van der Waals surface area contributed by atoms with Crippen molar-refractivity contribution in [3.05, 3.63) is 75.3 Å². The molecule has 2 aliphatic heterocycles. The zero-order valence-corrected chi connectivity index (χ0v) is 29.6. The van der Waals surface area contributed by atoms with Crippen molar-refractivity contribution in [1.82, 2.24) is 14.7 Å². The predicted octanol–water partition coefficient (Wildman–Crippen LogP) is 5.62. The van der Waals surface area contributed by atoms with E-state index in [0.29, 0.717) is 59.7 Å². The number of hydrogen-bond acceptors (Lipinski definition) is 8. The number of methoxy groups -OCH3 is 2. The number of amides is 2. The molecule has 2 N–H and O–H groups in total. The number of piperidine rings is 2. The van der Waals surface area contributed by atoms with Crippen LogP contribution in [0.1, 0.15) is 65.9 Å². The quantitative estimate of drug-likeness (QED) is 0.240. The van der Waals surface area contributed by atoms with E-state index >= 15 is 0 Å². The normalized spacial score (nSPS) is 17.2.